The quantitative estimate of drug-likeness (QED) is 0.818. The van der Waals surface area contributed by atoms with Crippen LogP contribution in [-0.2, 0) is 6.54 Å². The third kappa shape index (κ3) is 2.96. The minimum atomic E-state index is 0.675. The number of rotatable bonds is 3. The SMILES string of the molecule is c1ncc(CNC2CCCSC2)cn1. The topological polar surface area (TPSA) is 37.8 Å². The first-order valence-electron chi connectivity index (χ1n) is 5.00. The number of hydrogen-bond acceptors (Lipinski definition) is 4. The van der Waals surface area contributed by atoms with Crippen molar-refractivity contribution in [2.24, 2.45) is 0 Å². The summed E-state index contributed by atoms with van der Waals surface area (Å²) in [6, 6.07) is 0.675. The van der Waals surface area contributed by atoms with Gasteiger partial charge in [0.2, 0.25) is 0 Å². The smallest absolute Gasteiger partial charge is 0.115 e. The zero-order valence-corrected chi connectivity index (χ0v) is 8.96. The molecule has 3 nitrogen and oxygen atoms in total. The molecule has 4 heteroatoms. The number of thioether (sulfide) groups is 1. The number of aromatic nitrogens is 2. The second-order valence-corrected chi connectivity index (χ2v) is 4.69. The largest absolute Gasteiger partial charge is 0.309 e. The van der Waals surface area contributed by atoms with Gasteiger partial charge in [0.05, 0.1) is 0 Å². The lowest BCUT2D eigenvalue weighted by Crippen LogP contribution is -2.33. The van der Waals surface area contributed by atoms with E-state index in [0.29, 0.717) is 6.04 Å². The minimum absolute atomic E-state index is 0.675. The van der Waals surface area contributed by atoms with Crippen molar-refractivity contribution in [3.63, 3.8) is 0 Å². The van der Waals surface area contributed by atoms with E-state index >= 15 is 0 Å². The molecule has 1 N–H and O–H groups in total. The third-order valence-corrected chi connectivity index (χ3v) is 3.58. The van der Waals surface area contributed by atoms with E-state index in [4.69, 9.17) is 0 Å². The van der Waals surface area contributed by atoms with Crippen LogP contribution >= 0.6 is 11.8 Å². The highest BCUT2D eigenvalue weighted by atomic mass is 32.2. The van der Waals surface area contributed by atoms with Crippen molar-refractivity contribution in [3.05, 3.63) is 24.3 Å². The summed E-state index contributed by atoms with van der Waals surface area (Å²) in [6.07, 6.45) is 7.96. The van der Waals surface area contributed by atoms with Crippen LogP contribution in [0.4, 0.5) is 0 Å². The van der Waals surface area contributed by atoms with Gasteiger partial charge in [-0.25, -0.2) is 9.97 Å². The van der Waals surface area contributed by atoms with Crippen molar-refractivity contribution in [1.29, 1.82) is 0 Å². The van der Waals surface area contributed by atoms with Gasteiger partial charge in [0.1, 0.15) is 6.33 Å². The van der Waals surface area contributed by atoms with Crippen LogP contribution in [0.2, 0.25) is 0 Å². The molecular formula is C10H15N3S. The zero-order chi connectivity index (χ0) is 9.64. The van der Waals surface area contributed by atoms with Crippen molar-refractivity contribution >= 4 is 11.8 Å². The Morgan fingerprint density at radius 1 is 1.43 bits per heavy atom. The Labute approximate surface area is 88.7 Å². The minimum Gasteiger partial charge on any atom is -0.309 e. The Balaban J connectivity index is 1.76. The Morgan fingerprint density at radius 2 is 2.29 bits per heavy atom. The van der Waals surface area contributed by atoms with Crippen LogP contribution in [0.3, 0.4) is 0 Å². The molecule has 1 saturated heterocycles. The summed E-state index contributed by atoms with van der Waals surface area (Å²) in [5.41, 5.74) is 1.17. The highest BCUT2D eigenvalue weighted by Gasteiger charge is 2.12. The maximum atomic E-state index is 3.99. The van der Waals surface area contributed by atoms with Gasteiger partial charge >= 0.3 is 0 Å². The van der Waals surface area contributed by atoms with Gasteiger partial charge in [-0.1, -0.05) is 0 Å². The van der Waals surface area contributed by atoms with E-state index in [1.54, 1.807) is 6.33 Å². The molecule has 1 atom stereocenters. The first-order valence-corrected chi connectivity index (χ1v) is 6.15. The lowest BCUT2D eigenvalue weighted by Gasteiger charge is -2.22. The van der Waals surface area contributed by atoms with Crippen LogP contribution in [0.1, 0.15) is 18.4 Å². The zero-order valence-electron chi connectivity index (χ0n) is 8.15. The van der Waals surface area contributed by atoms with Crippen molar-refractivity contribution in [2.75, 3.05) is 11.5 Å². The van der Waals surface area contributed by atoms with E-state index in [9.17, 15) is 0 Å². The molecule has 14 heavy (non-hydrogen) atoms. The Kier molecular flexibility index (Phi) is 3.77. The maximum absolute atomic E-state index is 3.99. The summed E-state index contributed by atoms with van der Waals surface area (Å²) in [4.78, 5) is 7.98. The van der Waals surface area contributed by atoms with E-state index in [2.05, 4.69) is 15.3 Å². The van der Waals surface area contributed by atoms with Crippen molar-refractivity contribution < 1.29 is 0 Å². The molecule has 0 aliphatic carbocycles. The Hall–Kier alpha value is -0.610. The molecule has 0 amide bonds. The molecule has 1 aliphatic heterocycles. The maximum Gasteiger partial charge on any atom is 0.115 e. The second-order valence-electron chi connectivity index (χ2n) is 3.54. The molecule has 0 spiro atoms. The predicted molar refractivity (Wildman–Crippen MR) is 59.2 cm³/mol. The van der Waals surface area contributed by atoms with Gasteiger partial charge in [-0.15, -0.1) is 0 Å². The molecule has 0 saturated carbocycles. The summed E-state index contributed by atoms with van der Waals surface area (Å²) in [5.74, 6) is 2.57. The van der Waals surface area contributed by atoms with E-state index in [1.165, 1.54) is 29.9 Å². The number of hydrogen-bond donors (Lipinski definition) is 1. The van der Waals surface area contributed by atoms with E-state index in [1.807, 2.05) is 24.2 Å². The molecule has 2 rings (SSSR count). The van der Waals surface area contributed by atoms with Crippen molar-refractivity contribution in [2.45, 2.75) is 25.4 Å². The van der Waals surface area contributed by atoms with Crippen LogP contribution in [0.5, 0.6) is 0 Å². The van der Waals surface area contributed by atoms with Crippen molar-refractivity contribution in [3.8, 4) is 0 Å². The summed E-state index contributed by atoms with van der Waals surface area (Å²) in [7, 11) is 0. The Bertz CT molecular complexity index is 259. The van der Waals surface area contributed by atoms with Gasteiger partial charge in [0.15, 0.2) is 0 Å². The molecule has 2 heterocycles. The highest BCUT2D eigenvalue weighted by molar-refractivity contribution is 7.99. The molecule has 1 unspecified atom stereocenters. The second kappa shape index (κ2) is 5.32. The third-order valence-electron chi connectivity index (χ3n) is 2.37. The van der Waals surface area contributed by atoms with Gasteiger partial charge < -0.3 is 5.32 Å². The highest BCUT2D eigenvalue weighted by Crippen LogP contribution is 2.17. The molecule has 76 valence electrons. The standard InChI is InChI=1S/C10H15N3S/c1-2-10(7-14-3-1)13-6-9-4-11-8-12-5-9/h4-5,8,10,13H,1-3,6-7H2. The normalized spacial score (nSPS) is 22.1. The van der Waals surface area contributed by atoms with Crippen LogP contribution in [-0.4, -0.2) is 27.5 Å². The summed E-state index contributed by atoms with van der Waals surface area (Å²) in [6.45, 7) is 0.895. The Morgan fingerprint density at radius 3 is 3.00 bits per heavy atom. The predicted octanol–water partition coefficient (Wildman–Crippen LogP) is 1.46. The van der Waals surface area contributed by atoms with Crippen LogP contribution < -0.4 is 5.32 Å². The molecule has 1 aromatic rings. The summed E-state index contributed by atoms with van der Waals surface area (Å²) in [5, 5.41) is 3.54. The average molecular weight is 209 g/mol. The number of nitrogens with one attached hydrogen (secondary N) is 1. The molecular weight excluding hydrogens is 194 g/mol. The lowest BCUT2D eigenvalue weighted by atomic mass is 10.2. The summed E-state index contributed by atoms with van der Waals surface area (Å²) < 4.78 is 0. The van der Waals surface area contributed by atoms with Gasteiger partial charge in [0, 0.05) is 36.3 Å². The first kappa shape index (κ1) is 9.93. The fourth-order valence-electron chi connectivity index (χ4n) is 1.59. The molecule has 1 aromatic heterocycles. The van der Waals surface area contributed by atoms with Crippen LogP contribution in [0.25, 0.3) is 0 Å². The fourth-order valence-corrected chi connectivity index (χ4v) is 2.69. The van der Waals surface area contributed by atoms with Gasteiger partial charge in [-0.2, -0.15) is 11.8 Å². The fraction of sp³-hybridized carbons (Fsp3) is 0.600. The van der Waals surface area contributed by atoms with Gasteiger partial charge in [-0.3, -0.25) is 0 Å². The van der Waals surface area contributed by atoms with Gasteiger partial charge in [-0.05, 0) is 18.6 Å². The van der Waals surface area contributed by atoms with Crippen LogP contribution in [0, 0.1) is 0 Å². The number of nitrogens with zero attached hydrogens (tertiary/aromatic N) is 2. The molecule has 1 aliphatic rings. The molecule has 0 bridgehead atoms. The summed E-state index contributed by atoms with van der Waals surface area (Å²) >= 11 is 2.04. The van der Waals surface area contributed by atoms with E-state index in [-0.39, 0.29) is 0 Å². The average Bonchev–Trinajstić information content (AvgIpc) is 2.29. The van der Waals surface area contributed by atoms with Crippen molar-refractivity contribution in [1.82, 2.24) is 15.3 Å². The first-order chi connectivity index (χ1) is 6.95. The molecule has 0 aromatic carbocycles. The lowest BCUT2D eigenvalue weighted by molar-refractivity contribution is 0.506. The monoisotopic (exact) mass is 209 g/mol. The van der Waals surface area contributed by atoms with E-state index in [0.717, 1.165) is 6.54 Å². The van der Waals surface area contributed by atoms with Gasteiger partial charge in [0.25, 0.3) is 0 Å². The molecule has 1 fully saturated rings. The van der Waals surface area contributed by atoms with Crippen LogP contribution in [0.15, 0.2) is 18.7 Å². The van der Waals surface area contributed by atoms with E-state index < -0.39 is 0 Å². The molecule has 0 radical (unpaired) electrons.